The Morgan fingerprint density at radius 3 is 2.41 bits per heavy atom. The first-order valence-electron chi connectivity index (χ1n) is 9.42. The van der Waals surface area contributed by atoms with E-state index in [1.54, 1.807) is 25.3 Å². The molecule has 3 rings (SSSR count). The van der Waals surface area contributed by atoms with Crippen LogP contribution in [0.4, 0.5) is 0 Å². The summed E-state index contributed by atoms with van der Waals surface area (Å²) in [6.45, 7) is 4.93. The van der Waals surface area contributed by atoms with E-state index < -0.39 is 15.9 Å². The topological polar surface area (TPSA) is 87.7 Å². The van der Waals surface area contributed by atoms with Crippen molar-refractivity contribution in [2.45, 2.75) is 24.2 Å². The highest BCUT2D eigenvalue weighted by Crippen LogP contribution is 2.21. The van der Waals surface area contributed by atoms with E-state index in [1.807, 2.05) is 18.2 Å². The predicted molar refractivity (Wildman–Crippen MR) is 112 cm³/mol. The van der Waals surface area contributed by atoms with Gasteiger partial charge in [-0.3, -0.25) is 15.6 Å². The van der Waals surface area contributed by atoms with Crippen molar-refractivity contribution >= 4 is 21.6 Å². The van der Waals surface area contributed by atoms with Gasteiger partial charge in [-0.2, -0.15) is 4.31 Å². The Bertz CT molecular complexity index is 998. The third-order valence-electron chi connectivity index (χ3n) is 4.79. The normalized spacial score (nSPS) is 14.8. The number of methoxy groups -OCH3 is 1. The van der Waals surface area contributed by atoms with Gasteiger partial charge in [-0.05, 0) is 43.2 Å². The maximum atomic E-state index is 12.8. The molecule has 2 aromatic carbocycles. The summed E-state index contributed by atoms with van der Waals surface area (Å²) in [6.07, 6.45) is 2.75. The average molecular weight is 416 g/mol. The second kappa shape index (κ2) is 9.11. The molecule has 1 saturated heterocycles. The minimum atomic E-state index is -3.60. The first-order valence-corrected chi connectivity index (χ1v) is 10.9. The summed E-state index contributed by atoms with van der Waals surface area (Å²) >= 11 is 0. The van der Waals surface area contributed by atoms with Gasteiger partial charge < -0.3 is 4.74 Å². The van der Waals surface area contributed by atoms with E-state index in [2.05, 4.69) is 17.4 Å². The SMILES string of the molecule is C=C(NNC(=O)c1cccc(S(=O)(=O)N2CCCCC2)c1)c1cccc(OC)c1. The summed E-state index contributed by atoms with van der Waals surface area (Å²) in [6, 6.07) is 13.3. The number of benzene rings is 2. The molecule has 154 valence electrons. The fourth-order valence-corrected chi connectivity index (χ4v) is 4.70. The summed E-state index contributed by atoms with van der Waals surface area (Å²) in [5.74, 6) is 0.220. The Morgan fingerprint density at radius 2 is 1.69 bits per heavy atom. The standard InChI is InChI=1S/C21H25N3O4S/c1-16(17-8-6-10-19(14-17)28-2)22-23-21(25)18-9-7-11-20(15-18)29(26,27)24-12-4-3-5-13-24/h6-11,14-15,22H,1,3-5,12-13H2,2H3,(H,23,25). The van der Waals surface area contributed by atoms with Gasteiger partial charge >= 0.3 is 0 Å². The van der Waals surface area contributed by atoms with Crippen LogP contribution in [-0.2, 0) is 10.0 Å². The lowest BCUT2D eigenvalue weighted by molar-refractivity contribution is 0.0942. The molecule has 0 aliphatic carbocycles. The van der Waals surface area contributed by atoms with Gasteiger partial charge in [-0.15, -0.1) is 0 Å². The molecule has 0 atom stereocenters. The number of hydrogen-bond acceptors (Lipinski definition) is 5. The van der Waals surface area contributed by atoms with Crippen LogP contribution in [0.3, 0.4) is 0 Å². The van der Waals surface area contributed by atoms with E-state index in [9.17, 15) is 13.2 Å². The minimum absolute atomic E-state index is 0.124. The molecule has 0 radical (unpaired) electrons. The molecule has 8 heteroatoms. The van der Waals surface area contributed by atoms with E-state index in [4.69, 9.17) is 4.74 Å². The lowest BCUT2D eigenvalue weighted by Gasteiger charge is -2.26. The van der Waals surface area contributed by atoms with Crippen LogP contribution in [0.1, 0.15) is 35.2 Å². The molecule has 0 saturated carbocycles. The molecule has 1 fully saturated rings. The molecule has 2 aromatic rings. The molecule has 1 amide bonds. The van der Waals surface area contributed by atoms with Crippen molar-refractivity contribution < 1.29 is 17.9 Å². The molecule has 0 aromatic heterocycles. The molecule has 1 heterocycles. The van der Waals surface area contributed by atoms with Crippen LogP contribution in [-0.4, -0.2) is 38.8 Å². The van der Waals surface area contributed by atoms with Crippen LogP contribution < -0.4 is 15.6 Å². The lowest BCUT2D eigenvalue weighted by atomic mass is 10.2. The third kappa shape index (κ3) is 4.96. The molecule has 7 nitrogen and oxygen atoms in total. The zero-order valence-corrected chi connectivity index (χ0v) is 17.2. The largest absolute Gasteiger partial charge is 0.497 e. The van der Waals surface area contributed by atoms with Gasteiger partial charge in [-0.1, -0.05) is 31.2 Å². The Morgan fingerprint density at radius 1 is 1.00 bits per heavy atom. The summed E-state index contributed by atoms with van der Waals surface area (Å²) in [5.41, 5.74) is 6.80. The molecule has 0 bridgehead atoms. The van der Waals surface area contributed by atoms with Crippen molar-refractivity contribution in [1.29, 1.82) is 0 Å². The summed E-state index contributed by atoms with van der Waals surface area (Å²) < 4.78 is 32.3. The Hall–Kier alpha value is -2.84. The van der Waals surface area contributed by atoms with Gasteiger partial charge in [0.15, 0.2) is 0 Å². The molecular weight excluding hydrogens is 390 g/mol. The van der Waals surface area contributed by atoms with Gasteiger partial charge in [0.05, 0.1) is 17.7 Å². The summed E-state index contributed by atoms with van der Waals surface area (Å²) in [7, 11) is -2.03. The molecule has 29 heavy (non-hydrogen) atoms. The van der Waals surface area contributed by atoms with Crippen molar-refractivity contribution in [3.63, 3.8) is 0 Å². The first kappa shape index (κ1) is 20.9. The van der Waals surface area contributed by atoms with Crippen molar-refractivity contribution in [1.82, 2.24) is 15.2 Å². The Kier molecular flexibility index (Phi) is 6.56. The highest BCUT2D eigenvalue weighted by atomic mass is 32.2. The number of nitrogens with zero attached hydrogens (tertiary/aromatic N) is 1. The number of piperidine rings is 1. The number of ether oxygens (including phenoxy) is 1. The number of nitrogens with one attached hydrogen (secondary N) is 2. The predicted octanol–water partition coefficient (Wildman–Crippen LogP) is 2.78. The number of amides is 1. The average Bonchev–Trinajstić information content (AvgIpc) is 2.78. The molecule has 0 spiro atoms. The highest BCUT2D eigenvalue weighted by molar-refractivity contribution is 7.89. The van der Waals surface area contributed by atoms with E-state index in [0.29, 0.717) is 24.5 Å². The van der Waals surface area contributed by atoms with Gasteiger partial charge in [0.25, 0.3) is 5.91 Å². The third-order valence-corrected chi connectivity index (χ3v) is 6.69. The van der Waals surface area contributed by atoms with Crippen molar-refractivity contribution in [3.8, 4) is 5.75 Å². The number of carbonyl (C=O) groups excluding carboxylic acids is 1. The maximum absolute atomic E-state index is 12.8. The molecule has 1 aliphatic heterocycles. The number of carbonyl (C=O) groups is 1. The number of hydrazine groups is 1. The molecule has 0 unspecified atom stereocenters. The fourth-order valence-electron chi connectivity index (χ4n) is 3.14. The van der Waals surface area contributed by atoms with Gasteiger partial charge in [0.1, 0.15) is 5.75 Å². The van der Waals surface area contributed by atoms with E-state index in [1.165, 1.54) is 16.4 Å². The van der Waals surface area contributed by atoms with Crippen LogP contribution in [0.25, 0.3) is 5.70 Å². The van der Waals surface area contributed by atoms with Crippen molar-refractivity contribution in [2.75, 3.05) is 20.2 Å². The van der Waals surface area contributed by atoms with Gasteiger partial charge in [-0.25, -0.2) is 8.42 Å². The summed E-state index contributed by atoms with van der Waals surface area (Å²) in [4.78, 5) is 12.6. The quantitative estimate of drug-likeness (QED) is 0.679. The second-order valence-corrected chi connectivity index (χ2v) is 8.72. The summed E-state index contributed by atoms with van der Waals surface area (Å²) in [5, 5.41) is 0. The number of sulfonamides is 1. The highest BCUT2D eigenvalue weighted by Gasteiger charge is 2.26. The van der Waals surface area contributed by atoms with E-state index >= 15 is 0 Å². The Balaban J connectivity index is 1.68. The molecule has 1 aliphatic rings. The van der Waals surface area contributed by atoms with Crippen LogP contribution >= 0.6 is 0 Å². The van der Waals surface area contributed by atoms with Crippen molar-refractivity contribution in [3.05, 3.63) is 66.2 Å². The van der Waals surface area contributed by atoms with Crippen LogP contribution in [0.15, 0.2) is 60.0 Å². The zero-order chi connectivity index (χ0) is 20.9. The first-order chi connectivity index (χ1) is 13.9. The molecular formula is C21H25N3O4S. The number of rotatable bonds is 7. The van der Waals surface area contributed by atoms with Crippen LogP contribution in [0, 0.1) is 0 Å². The second-order valence-electron chi connectivity index (χ2n) is 6.78. The van der Waals surface area contributed by atoms with Crippen molar-refractivity contribution in [2.24, 2.45) is 0 Å². The van der Waals surface area contributed by atoms with E-state index in [-0.39, 0.29) is 10.5 Å². The number of hydrogen-bond donors (Lipinski definition) is 2. The van der Waals surface area contributed by atoms with Crippen LogP contribution in [0.5, 0.6) is 5.75 Å². The van der Waals surface area contributed by atoms with Crippen LogP contribution in [0.2, 0.25) is 0 Å². The Labute approximate surface area is 171 Å². The smallest absolute Gasteiger partial charge is 0.269 e. The molecule has 2 N–H and O–H groups in total. The van der Waals surface area contributed by atoms with Gasteiger partial charge in [0, 0.05) is 24.2 Å². The van der Waals surface area contributed by atoms with Gasteiger partial charge in [0.2, 0.25) is 10.0 Å². The van der Waals surface area contributed by atoms with E-state index in [0.717, 1.165) is 24.8 Å². The fraction of sp³-hybridized carbons (Fsp3) is 0.286. The minimum Gasteiger partial charge on any atom is -0.497 e. The lowest BCUT2D eigenvalue weighted by Crippen LogP contribution is -2.37. The zero-order valence-electron chi connectivity index (χ0n) is 16.3. The maximum Gasteiger partial charge on any atom is 0.269 e. The monoisotopic (exact) mass is 415 g/mol.